The molecule has 6 nitrogen and oxygen atoms in total. The van der Waals surface area contributed by atoms with Crippen molar-refractivity contribution < 1.29 is 13.9 Å². The number of carbonyl (C=O) groups is 1. The molecule has 2 N–H and O–H groups in total. The molecule has 3 rings (SSSR count). The first-order valence-corrected chi connectivity index (χ1v) is 8.01. The summed E-state index contributed by atoms with van der Waals surface area (Å²) >= 11 is 0. The molecule has 1 atom stereocenters. The first kappa shape index (κ1) is 17.5. The maximum Gasteiger partial charge on any atom is 0.320 e. The van der Waals surface area contributed by atoms with Crippen molar-refractivity contribution in [3.63, 3.8) is 0 Å². The minimum atomic E-state index is -0.529. The molecule has 1 aromatic heterocycles. The van der Waals surface area contributed by atoms with Gasteiger partial charge in [-0.25, -0.2) is 14.2 Å². The number of aromatic nitrogens is 2. The van der Waals surface area contributed by atoms with Crippen LogP contribution >= 0.6 is 0 Å². The summed E-state index contributed by atoms with van der Waals surface area (Å²) in [6.45, 7) is 0. The number of halogens is 1. The number of para-hydroxylation sites is 1. The van der Waals surface area contributed by atoms with Crippen LogP contribution in [0, 0.1) is 5.82 Å². The second-order valence-electron chi connectivity index (χ2n) is 5.68. The summed E-state index contributed by atoms with van der Waals surface area (Å²) in [7, 11) is 3.43. The van der Waals surface area contributed by atoms with Crippen molar-refractivity contribution in [2.75, 3.05) is 12.4 Å². The fraction of sp³-hybridized carbons (Fsp3) is 0.158. The number of urea groups is 1. The van der Waals surface area contributed by atoms with E-state index in [4.69, 9.17) is 4.74 Å². The molecule has 0 radical (unpaired) electrons. The Morgan fingerprint density at radius 3 is 2.54 bits per heavy atom. The zero-order valence-electron chi connectivity index (χ0n) is 14.4. The van der Waals surface area contributed by atoms with E-state index in [1.807, 2.05) is 35.9 Å². The number of ether oxygens (including phenoxy) is 1. The molecule has 0 saturated carbocycles. The summed E-state index contributed by atoms with van der Waals surface area (Å²) < 4.78 is 20.8. The van der Waals surface area contributed by atoms with Crippen LogP contribution < -0.4 is 15.4 Å². The number of carbonyl (C=O) groups excluding carboxylic acids is 1. The van der Waals surface area contributed by atoms with Gasteiger partial charge in [-0.1, -0.05) is 24.3 Å². The third kappa shape index (κ3) is 3.83. The number of amides is 2. The number of benzene rings is 2. The van der Waals surface area contributed by atoms with Gasteiger partial charge in [0.2, 0.25) is 0 Å². The van der Waals surface area contributed by atoms with Crippen LogP contribution in [-0.2, 0) is 7.05 Å². The molecule has 0 aliphatic rings. The summed E-state index contributed by atoms with van der Waals surface area (Å²) in [6, 6.07) is 12.3. The van der Waals surface area contributed by atoms with Crippen molar-refractivity contribution >= 4 is 11.7 Å². The summed E-state index contributed by atoms with van der Waals surface area (Å²) in [4.78, 5) is 16.8. The lowest BCUT2D eigenvalue weighted by molar-refractivity contribution is 0.249. The van der Waals surface area contributed by atoms with Gasteiger partial charge in [-0.05, 0) is 29.8 Å². The maximum atomic E-state index is 13.8. The Kier molecular flexibility index (Phi) is 5.17. The van der Waals surface area contributed by atoms with Crippen molar-refractivity contribution in [2.45, 2.75) is 6.04 Å². The summed E-state index contributed by atoms with van der Waals surface area (Å²) in [5, 5.41) is 5.38. The van der Waals surface area contributed by atoms with Crippen LogP contribution in [0.4, 0.5) is 14.9 Å². The molecule has 0 bridgehead atoms. The van der Waals surface area contributed by atoms with Crippen molar-refractivity contribution in [1.82, 2.24) is 14.9 Å². The van der Waals surface area contributed by atoms with Crippen LogP contribution in [0.5, 0.6) is 5.75 Å². The molecule has 1 heterocycles. The minimum Gasteiger partial charge on any atom is -0.497 e. The zero-order valence-corrected chi connectivity index (χ0v) is 14.4. The predicted molar refractivity (Wildman–Crippen MR) is 96.6 cm³/mol. The monoisotopic (exact) mass is 354 g/mol. The van der Waals surface area contributed by atoms with Gasteiger partial charge in [-0.2, -0.15) is 0 Å². The summed E-state index contributed by atoms with van der Waals surface area (Å²) in [5.41, 5.74) is 0.933. The lowest BCUT2D eigenvalue weighted by atomic mass is 10.1. The number of anilines is 1. The van der Waals surface area contributed by atoms with Gasteiger partial charge in [0.05, 0.1) is 12.8 Å². The van der Waals surface area contributed by atoms with Crippen LogP contribution in [0.15, 0.2) is 60.9 Å². The third-order valence-corrected chi connectivity index (χ3v) is 3.96. The van der Waals surface area contributed by atoms with E-state index in [0.717, 1.165) is 5.56 Å². The van der Waals surface area contributed by atoms with Gasteiger partial charge in [0.1, 0.15) is 23.4 Å². The predicted octanol–water partition coefficient (Wildman–Crippen LogP) is 3.48. The molecule has 0 saturated heterocycles. The quantitative estimate of drug-likeness (QED) is 0.737. The van der Waals surface area contributed by atoms with Gasteiger partial charge in [-0.3, -0.25) is 0 Å². The number of nitrogens with one attached hydrogen (secondary N) is 2. The Labute approximate surface area is 150 Å². The fourth-order valence-corrected chi connectivity index (χ4v) is 2.60. The summed E-state index contributed by atoms with van der Waals surface area (Å²) in [5.74, 6) is 0.864. The normalized spacial score (nSPS) is 11.7. The number of hydrogen-bond acceptors (Lipinski definition) is 3. The van der Waals surface area contributed by atoms with Gasteiger partial charge >= 0.3 is 6.03 Å². The van der Waals surface area contributed by atoms with Crippen LogP contribution in [0.3, 0.4) is 0 Å². The van der Waals surface area contributed by atoms with Crippen LogP contribution in [0.2, 0.25) is 0 Å². The molecule has 7 heteroatoms. The Balaban J connectivity index is 1.85. The molecular weight excluding hydrogens is 335 g/mol. The Morgan fingerprint density at radius 1 is 1.19 bits per heavy atom. The van der Waals surface area contributed by atoms with Crippen LogP contribution in [0.25, 0.3) is 0 Å². The largest absolute Gasteiger partial charge is 0.497 e. The molecule has 0 aliphatic carbocycles. The topological polar surface area (TPSA) is 68.2 Å². The van der Waals surface area contributed by atoms with E-state index in [9.17, 15) is 9.18 Å². The van der Waals surface area contributed by atoms with E-state index in [0.29, 0.717) is 11.6 Å². The van der Waals surface area contributed by atoms with E-state index in [1.165, 1.54) is 12.1 Å². The Hall–Kier alpha value is -3.35. The van der Waals surface area contributed by atoms with Gasteiger partial charge in [0, 0.05) is 19.4 Å². The number of imidazole rings is 1. The highest BCUT2D eigenvalue weighted by molar-refractivity contribution is 5.89. The van der Waals surface area contributed by atoms with E-state index in [-0.39, 0.29) is 5.69 Å². The average Bonchev–Trinajstić information content (AvgIpc) is 3.07. The molecule has 26 heavy (non-hydrogen) atoms. The van der Waals surface area contributed by atoms with E-state index in [2.05, 4.69) is 15.6 Å². The average molecular weight is 354 g/mol. The Morgan fingerprint density at radius 2 is 1.92 bits per heavy atom. The number of nitrogens with zero attached hydrogens (tertiary/aromatic N) is 2. The second-order valence-corrected chi connectivity index (χ2v) is 5.68. The Bertz CT molecular complexity index is 893. The van der Waals surface area contributed by atoms with Crippen molar-refractivity contribution in [3.8, 4) is 5.75 Å². The first-order chi connectivity index (χ1) is 12.6. The maximum absolute atomic E-state index is 13.8. The van der Waals surface area contributed by atoms with Crippen molar-refractivity contribution in [2.24, 2.45) is 7.05 Å². The van der Waals surface area contributed by atoms with Crippen molar-refractivity contribution in [1.29, 1.82) is 0 Å². The van der Waals surface area contributed by atoms with E-state index in [1.54, 1.807) is 31.6 Å². The molecule has 2 aromatic carbocycles. The molecule has 134 valence electrons. The number of hydrogen-bond donors (Lipinski definition) is 2. The molecule has 0 spiro atoms. The van der Waals surface area contributed by atoms with Gasteiger partial charge in [0.25, 0.3) is 0 Å². The van der Waals surface area contributed by atoms with Gasteiger partial charge in [-0.15, -0.1) is 0 Å². The highest BCUT2D eigenvalue weighted by Gasteiger charge is 2.21. The lowest BCUT2D eigenvalue weighted by Gasteiger charge is -2.20. The fourth-order valence-electron chi connectivity index (χ4n) is 2.60. The summed E-state index contributed by atoms with van der Waals surface area (Å²) in [6.07, 6.45) is 3.45. The van der Waals surface area contributed by atoms with Crippen LogP contribution in [0.1, 0.15) is 17.4 Å². The number of methoxy groups -OCH3 is 1. The second kappa shape index (κ2) is 7.69. The standard InChI is InChI=1S/C19H19FN4O2/c1-24-12-11-21-18(24)17(13-7-9-14(26-2)10-8-13)23-19(25)22-16-6-4-3-5-15(16)20/h3-12,17H,1-2H3,(H2,22,23,25)/t17-/m1/s1. The zero-order chi connectivity index (χ0) is 18.5. The first-order valence-electron chi connectivity index (χ1n) is 8.01. The molecular formula is C19H19FN4O2. The molecule has 3 aromatic rings. The highest BCUT2D eigenvalue weighted by Crippen LogP contribution is 2.23. The highest BCUT2D eigenvalue weighted by atomic mass is 19.1. The molecule has 0 fully saturated rings. The van der Waals surface area contributed by atoms with Gasteiger partial charge in [0.15, 0.2) is 0 Å². The smallest absolute Gasteiger partial charge is 0.320 e. The molecule has 2 amide bonds. The van der Waals surface area contributed by atoms with E-state index < -0.39 is 17.9 Å². The van der Waals surface area contributed by atoms with Crippen molar-refractivity contribution in [3.05, 3.63) is 78.1 Å². The lowest BCUT2D eigenvalue weighted by Crippen LogP contribution is -2.34. The molecule has 0 aliphatic heterocycles. The van der Waals surface area contributed by atoms with Crippen LogP contribution in [-0.4, -0.2) is 22.7 Å². The molecule has 0 unspecified atom stereocenters. The number of aryl methyl sites for hydroxylation is 1. The minimum absolute atomic E-state index is 0.110. The third-order valence-electron chi connectivity index (χ3n) is 3.96. The van der Waals surface area contributed by atoms with E-state index >= 15 is 0 Å². The number of rotatable bonds is 5. The SMILES string of the molecule is COc1ccc([C@@H](NC(=O)Nc2ccccc2F)c2nccn2C)cc1. The van der Waals surface area contributed by atoms with Gasteiger partial charge < -0.3 is 19.9 Å².